The smallest absolute Gasteiger partial charge is 0.295 e. The van der Waals surface area contributed by atoms with Gasteiger partial charge in [0.1, 0.15) is 5.76 Å². The highest BCUT2D eigenvalue weighted by atomic mass is 16.5. The van der Waals surface area contributed by atoms with E-state index in [1.54, 1.807) is 24.3 Å². The van der Waals surface area contributed by atoms with Crippen LogP contribution in [0.3, 0.4) is 0 Å². The monoisotopic (exact) mass is 496 g/mol. The summed E-state index contributed by atoms with van der Waals surface area (Å²) in [7, 11) is 4.51. The molecule has 9 nitrogen and oxygen atoms in total. The Morgan fingerprint density at radius 3 is 2.14 bits per heavy atom. The number of ketones is 1. The summed E-state index contributed by atoms with van der Waals surface area (Å²) in [5.74, 6) is -0.431. The second kappa shape index (κ2) is 11.0. The van der Waals surface area contributed by atoms with E-state index in [2.05, 4.69) is 4.90 Å². The highest BCUT2D eigenvalue weighted by Gasteiger charge is 2.46. The summed E-state index contributed by atoms with van der Waals surface area (Å²) >= 11 is 0. The molecule has 0 saturated carbocycles. The minimum absolute atomic E-state index is 0.0279. The molecule has 2 aliphatic heterocycles. The second-order valence-electron chi connectivity index (χ2n) is 8.77. The molecule has 9 heteroatoms. The summed E-state index contributed by atoms with van der Waals surface area (Å²) < 4.78 is 21.9. The molecule has 0 unspecified atom stereocenters. The lowest BCUT2D eigenvalue weighted by molar-refractivity contribution is -0.140. The molecule has 4 rings (SSSR count). The predicted molar refractivity (Wildman–Crippen MR) is 134 cm³/mol. The predicted octanol–water partition coefficient (Wildman–Crippen LogP) is 2.77. The molecular weight excluding hydrogens is 464 g/mol. The van der Waals surface area contributed by atoms with E-state index >= 15 is 0 Å². The number of nitrogens with zero attached hydrogens (tertiary/aromatic N) is 2. The standard InChI is InChI=1S/C27H32N2O7/c1-17-5-7-18(8-6-17)24(30)22-23(19-15-20(33-2)26(35-4)21(16-19)34-3)29(27(32)25(22)31)10-9-28-11-13-36-14-12-28/h5-8,15-16,23,30H,9-14H2,1-4H3/b24-22+/t23-/m0/s1. The first kappa shape index (κ1) is 25.5. The first-order valence-electron chi connectivity index (χ1n) is 11.8. The Balaban J connectivity index is 1.83. The number of ether oxygens (including phenoxy) is 4. The summed E-state index contributed by atoms with van der Waals surface area (Å²) in [6, 6.07) is 9.75. The van der Waals surface area contributed by atoms with Gasteiger partial charge >= 0.3 is 0 Å². The molecule has 2 heterocycles. The van der Waals surface area contributed by atoms with Crippen LogP contribution in [0.1, 0.15) is 22.7 Å². The van der Waals surface area contributed by atoms with Gasteiger partial charge in [-0.3, -0.25) is 14.5 Å². The lowest BCUT2D eigenvalue weighted by atomic mass is 9.94. The van der Waals surface area contributed by atoms with Gasteiger partial charge in [-0.1, -0.05) is 29.8 Å². The average Bonchev–Trinajstić information content (AvgIpc) is 3.16. The van der Waals surface area contributed by atoms with Crippen LogP contribution in [0, 0.1) is 6.92 Å². The molecule has 0 radical (unpaired) electrons. The Morgan fingerprint density at radius 1 is 0.972 bits per heavy atom. The van der Waals surface area contributed by atoms with E-state index < -0.39 is 17.7 Å². The van der Waals surface area contributed by atoms with E-state index in [-0.39, 0.29) is 11.3 Å². The number of carbonyl (C=O) groups is 2. The zero-order valence-electron chi connectivity index (χ0n) is 21.1. The number of Topliss-reactive ketones (excluding diaryl/α,β-unsaturated/α-hetero) is 1. The van der Waals surface area contributed by atoms with Crippen molar-refractivity contribution < 1.29 is 33.6 Å². The zero-order chi connectivity index (χ0) is 25.8. The van der Waals surface area contributed by atoms with Gasteiger partial charge in [0.05, 0.1) is 46.2 Å². The normalized spacial score (nSPS) is 20.0. The number of likely N-dealkylation sites (tertiary alicyclic amines) is 1. The molecule has 0 bridgehead atoms. The minimum atomic E-state index is -0.832. The van der Waals surface area contributed by atoms with E-state index in [9.17, 15) is 14.7 Å². The molecule has 0 aromatic heterocycles. The maximum atomic E-state index is 13.3. The third-order valence-corrected chi connectivity index (χ3v) is 6.63. The van der Waals surface area contributed by atoms with E-state index in [0.29, 0.717) is 54.7 Å². The van der Waals surface area contributed by atoms with E-state index in [1.165, 1.54) is 26.2 Å². The molecule has 1 atom stereocenters. The molecule has 2 aromatic carbocycles. The Kier molecular flexibility index (Phi) is 7.81. The van der Waals surface area contributed by atoms with Gasteiger partial charge in [-0.25, -0.2) is 0 Å². The van der Waals surface area contributed by atoms with Crippen LogP contribution in [0.2, 0.25) is 0 Å². The fraction of sp³-hybridized carbons (Fsp3) is 0.407. The van der Waals surface area contributed by atoms with Crippen molar-refractivity contribution in [3.8, 4) is 17.2 Å². The van der Waals surface area contributed by atoms with Crippen molar-refractivity contribution in [2.75, 3.05) is 60.7 Å². The molecule has 0 aliphatic carbocycles. The fourth-order valence-electron chi connectivity index (χ4n) is 4.66. The molecule has 1 amide bonds. The number of aliphatic hydroxyl groups excluding tert-OH is 1. The summed E-state index contributed by atoms with van der Waals surface area (Å²) in [6.45, 7) is 5.57. The molecular formula is C27H32N2O7. The Morgan fingerprint density at radius 2 is 1.58 bits per heavy atom. The number of amides is 1. The molecule has 36 heavy (non-hydrogen) atoms. The summed E-state index contributed by atoms with van der Waals surface area (Å²) in [5, 5.41) is 11.3. The largest absolute Gasteiger partial charge is 0.507 e. The lowest BCUT2D eigenvalue weighted by Crippen LogP contribution is -2.42. The van der Waals surface area contributed by atoms with E-state index in [1.807, 2.05) is 19.1 Å². The number of aryl methyl sites for hydroxylation is 1. The Labute approximate surface area is 210 Å². The van der Waals surface area contributed by atoms with Gasteiger partial charge in [0.25, 0.3) is 11.7 Å². The molecule has 2 aliphatic rings. The van der Waals surface area contributed by atoms with Gasteiger partial charge in [-0.15, -0.1) is 0 Å². The van der Waals surface area contributed by atoms with Crippen LogP contribution in [-0.4, -0.2) is 87.3 Å². The van der Waals surface area contributed by atoms with Gasteiger partial charge < -0.3 is 29.0 Å². The maximum Gasteiger partial charge on any atom is 0.295 e. The number of carbonyl (C=O) groups excluding carboxylic acids is 2. The third-order valence-electron chi connectivity index (χ3n) is 6.63. The Hall–Kier alpha value is -3.56. The lowest BCUT2D eigenvalue weighted by Gasteiger charge is -2.31. The van der Waals surface area contributed by atoms with E-state index in [4.69, 9.17) is 18.9 Å². The molecule has 1 N–H and O–H groups in total. The number of methoxy groups -OCH3 is 3. The average molecular weight is 497 g/mol. The van der Waals surface area contributed by atoms with Gasteiger partial charge in [0.15, 0.2) is 11.5 Å². The van der Waals surface area contributed by atoms with Gasteiger partial charge in [0, 0.05) is 31.7 Å². The van der Waals surface area contributed by atoms with Crippen molar-refractivity contribution in [1.82, 2.24) is 9.80 Å². The summed E-state index contributed by atoms with van der Waals surface area (Å²) in [5.41, 5.74) is 2.07. The van der Waals surface area contributed by atoms with E-state index in [0.717, 1.165) is 18.7 Å². The van der Waals surface area contributed by atoms with Crippen molar-refractivity contribution in [3.05, 3.63) is 58.7 Å². The number of benzene rings is 2. The number of hydrogen-bond acceptors (Lipinski definition) is 8. The fourth-order valence-corrected chi connectivity index (χ4v) is 4.66. The summed E-state index contributed by atoms with van der Waals surface area (Å²) in [4.78, 5) is 30.3. The highest BCUT2D eigenvalue weighted by Crippen LogP contribution is 2.45. The zero-order valence-corrected chi connectivity index (χ0v) is 21.1. The number of morpholine rings is 1. The Bertz CT molecular complexity index is 1130. The van der Waals surface area contributed by atoms with Crippen LogP contribution in [0.5, 0.6) is 17.2 Å². The molecule has 192 valence electrons. The van der Waals surface area contributed by atoms with Crippen molar-refractivity contribution in [2.24, 2.45) is 0 Å². The second-order valence-corrected chi connectivity index (χ2v) is 8.77. The molecule has 2 aromatic rings. The SMILES string of the molecule is COc1cc([C@H]2/C(=C(\O)c3ccc(C)cc3)C(=O)C(=O)N2CCN2CCOCC2)cc(OC)c1OC. The first-order valence-corrected chi connectivity index (χ1v) is 11.8. The first-order chi connectivity index (χ1) is 17.4. The van der Waals surface area contributed by atoms with Crippen LogP contribution in [-0.2, 0) is 14.3 Å². The maximum absolute atomic E-state index is 13.3. The number of hydrogen-bond donors (Lipinski definition) is 1. The summed E-state index contributed by atoms with van der Waals surface area (Å²) in [6.07, 6.45) is 0. The quantitative estimate of drug-likeness (QED) is 0.339. The van der Waals surface area contributed by atoms with Gasteiger partial charge in [0.2, 0.25) is 5.75 Å². The van der Waals surface area contributed by atoms with Crippen LogP contribution in [0.15, 0.2) is 42.0 Å². The van der Waals surface area contributed by atoms with Crippen LogP contribution >= 0.6 is 0 Å². The third kappa shape index (κ3) is 4.89. The van der Waals surface area contributed by atoms with Crippen LogP contribution in [0.25, 0.3) is 5.76 Å². The molecule has 2 fully saturated rings. The number of rotatable bonds is 8. The number of aliphatic hydroxyl groups is 1. The highest BCUT2D eigenvalue weighted by molar-refractivity contribution is 6.46. The van der Waals surface area contributed by atoms with Crippen molar-refractivity contribution in [3.63, 3.8) is 0 Å². The van der Waals surface area contributed by atoms with Crippen molar-refractivity contribution in [1.29, 1.82) is 0 Å². The van der Waals surface area contributed by atoms with Crippen LogP contribution < -0.4 is 14.2 Å². The van der Waals surface area contributed by atoms with Gasteiger partial charge in [-0.2, -0.15) is 0 Å². The topological polar surface area (TPSA) is 97.8 Å². The minimum Gasteiger partial charge on any atom is -0.507 e. The van der Waals surface area contributed by atoms with Crippen molar-refractivity contribution in [2.45, 2.75) is 13.0 Å². The van der Waals surface area contributed by atoms with Gasteiger partial charge in [-0.05, 0) is 24.6 Å². The van der Waals surface area contributed by atoms with Crippen molar-refractivity contribution >= 4 is 17.4 Å². The van der Waals surface area contributed by atoms with Crippen LogP contribution in [0.4, 0.5) is 0 Å². The molecule has 0 spiro atoms. The molecule has 2 saturated heterocycles.